The van der Waals surface area contributed by atoms with E-state index < -0.39 is 17.7 Å². The SMILES string of the molecule is CCCCOc1c(Cl)cc(C(=O)NNC(=O)C(=O)NC2CC2)cc1OCC. The monoisotopic (exact) mass is 397 g/mol. The number of amides is 3. The molecule has 1 saturated carbocycles. The molecule has 1 aromatic rings. The summed E-state index contributed by atoms with van der Waals surface area (Å²) >= 11 is 6.23. The lowest BCUT2D eigenvalue weighted by Gasteiger charge is -2.15. The molecular weight excluding hydrogens is 374 g/mol. The van der Waals surface area contributed by atoms with Crippen LogP contribution >= 0.6 is 11.6 Å². The van der Waals surface area contributed by atoms with E-state index in [0.29, 0.717) is 24.7 Å². The van der Waals surface area contributed by atoms with E-state index in [9.17, 15) is 14.4 Å². The van der Waals surface area contributed by atoms with Crippen molar-refractivity contribution < 1.29 is 23.9 Å². The highest BCUT2D eigenvalue weighted by Crippen LogP contribution is 2.36. The summed E-state index contributed by atoms with van der Waals surface area (Å²) < 4.78 is 11.2. The predicted octanol–water partition coefficient (Wildman–Crippen LogP) is 1.96. The molecule has 0 spiro atoms. The molecule has 0 saturated heterocycles. The second kappa shape index (κ2) is 10.0. The topological polar surface area (TPSA) is 106 Å². The highest BCUT2D eigenvalue weighted by atomic mass is 35.5. The molecule has 0 radical (unpaired) electrons. The van der Waals surface area contributed by atoms with Gasteiger partial charge in [0, 0.05) is 11.6 Å². The average Bonchev–Trinajstić information content (AvgIpc) is 3.45. The van der Waals surface area contributed by atoms with E-state index in [1.54, 1.807) is 6.92 Å². The van der Waals surface area contributed by atoms with Crippen LogP contribution in [0, 0.1) is 0 Å². The highest BCUT2D eigenvalue weighted by molar-refractivity contribution is 6.35. The molecule has 0 atom stereocenters. The molecule has 148 valence electrons. The minimum Gasteiger partial charge on any atom is -0.490 e. The van der Waals surface area contributed by atoms with Gasteiger partial charge in [-0.1, -0.05) is 24.9 Å². The van der Waals surface area contributed by atoms with Crippen molar-refractivity contribution in [3.8, 4) is 11.5 Å². The zero-order valence-electron chi connectivity index (χ0n) is 15.4. The molecule has 27 heavy (non-hydrogen) atoms. The van der Waals surface area contributed by atoms with Crippen LogP contribution in [-0.2, 0) is 9.59 Å². The van der Waals surface area contributed by atoms with Gasteiger partial charge >= 0.3 is 11.8 Å². The van der Waals surface area contributed by atoms with Crippen molar-refractivity contribution in [3.63, 3.8) is 0 Å². The Balaban J connectivity index is 2.01. The maximum absolute atomic E-state index is 12.3. The lowest BCUT2D eigenvalue weighted by Crippen LogP contribution is -2.49. The Kier molecular flexibility index (Phi) is 7.72. The number of hydrogen-bond donors (Lipinski definition) is 3. The number of carbonyl (C=O) groups is 3. The minimum absolute atomic E-state index is 0.0479. The average molecular weight is 398 g/mol. The third-order valence-corrected chi connectivity index (χ3v) is 4.00. The van der Waals surface area contributed by atoms with Crippen LogP contribution in [0.1, 0.15) is 49.9 Å². The van der Waals surface area contributed by atoms with Gasteiger partial charge in [-0.15, -0.1) is 0 Å². The quantitative estimate of drug-likeness (QED) is 0.353. The van der Waals surface area contributed by atoms with Crippen molar-refractivity contribution >= 4 is 29.3 Å². The van der Waals surface area contributed by atoms with Gasteiger partial charge < -0.3 is 14.8 Å². The maximum atomic E-state index is 12.3. The van der Waals surface area contributed by atoms with E-state index in [1.165, 1.54) is 12.1 Å². The van der Waals surface area contributed by atoms with Gasteiger partial charge in [0.2, 0.25) is 0 Å². The number of benzene rings is 1. The normalized spacial score (nSPS) is 12.9. The molecule has 0 heterocycles. The van der Waals surface area contributed by atoms with Gasteiger partial charge in [0.1, 0.15) is 0 Å². The van der Waals surface area contributed by atoms with Gasteiger partial charge in [-0.2, -0.15) is 0 Å². The van der Waals surface area contributed by atoms with E-state index >= 15 is 0 Å². The van der Waals surface area contributed by atoms with Gasteiger partial charge in [0.05, 0.1) is 18.2 Å². The first-order valence-electron chi connectivity index (χ1n) is 8.96. The van der Waals surface area contributed by atoms with Gasteiger partial charge in [-0.05, 0) is 38.3 Å². The van der Waals surface area contributed by atoms with Crippen LogP contribution in [0.3, 0.4) is 0 Å². The third kappa shape index (κ3) is 6.32. The summed E-state index contributed by atoms with van der Waals surface area (Å²) in [6.45, 7) is 4.69. The molecule has 3 N–H and O–H groups in total. The summed E-state index contributed by atoms with van der Waals surface area (Å²) in [4.78, 5) is 35.5. The number of hydrogen-bond acceptors (Lipinski definition) is 5. The molecule has 0 aliphatic heterocycles. The first-order chi connectivity index (χ1) is 13.0. The fourth-order valence-corrected chi connectivity index (χ4v) is 2.41. The number of carbonyl (C=O) groups excluding carboxylic acids is 3. The lowest BCUT2D eigenvalue weighted by molar-refractivity contribution is -0.139. The van der Waals surface area contributed by atoms with Crippen LogP contribution in [0.2, 0.25) is 5.02 Å². The fraction of sp³-hybridized carbons (Fsp3) is 0.500. The minimum atomic E-state index is -0.939. The van der Waals surface area contributed by atoms with E-state index in [1.807, 2.05) is 6.92 Å². The molecule has 0 unspecified atom stereocenters. The van der Waals surface area contributed by atoms with Crippen molar-refractivity contribution in [3.05, 3.63) is 22.7 Å². The van der Waals surface area contributed by atoms with E-state index in [-0.39, 0.29) is 16.6 Å². The molecule has 1 fully saturated rings. The molecular formula is C18H24ClN3O5. The van der Waals surface area contributed by atoms with Crippen LogP contribution < -0.4 is 25.6 Å². The van der Waals surface area contributed by atoms with Gasteiger partial charge in [-0.25, -0.2) is 0 Å². The zero-order valence-corrected chi connectivity index (χ0v) is 16.1. The van der Waals surface area contributed by atoms with Crippen LogP contribution in [0.25, 0.3) is 0 Å². The molecule has 3 amide bonds. The number of rotatable bonds is 8. The van der Waals surface area contributed by atoms with E-state index in [4.69, 9.17) is 21.1 Å². The lowest BCUT2D eigenvalue weighted by atomic mass is 10.2. The predicted molar refractivity (Wildman–Crippen MR) is 99.8 cm³/mol. The molecule has 8 nitrogen and oxygen atoms in total. The van der Waals surface area contributed by atoms with Crippen molar-refractivity contribution in [1.29, 1.82) is 0 Å². The van der Waals surface area contributed by atoms with Crippen LogP contribution in [0.4, 0.5) is 0 Å². The summed E-state index contributed by atoms with van der Waals surface area (Å²) in [5, 5.41) is 2.75. The molecule has 0 aromatic heterocycles. The van der Waals surface area contributed by atoms with Crippen LogP contribution in [0.5, 0.6) is 11.5 Å². The van der Waals surface area contributed by atoms with Crippen molar-refractivity contribution in [2.45, 2.75) is 45.6 Å². The second-order valence-corrected chi connectivity index (χ2v) is 6.48. The number of ether oxygens (including phenoxy) is 2. The molecule has 1 aromatic carbocycles. The Morgan fingerprint density at radius 1 is 1.11 bits per heavy atom. The molecule has 1 aliphatic rings. The van der Waals surface area contributed by atoms with Crippen molar-refractivity contribution in [2.75, 3.05) is 13.2 Å². The summed E-state index contributed by atoms with van der Waals surface area (Å²) in [7, 11) is 0. The Morgan fingerprint density at radius 2 is 1.85 bits per heavy atom. The standard InChI is InChI=1S/C18H24ClN3O5/c1-3-5-8-27-15-13(19)9-11(10-14(15)26-4-2)16(23)21-22-18(25)17(24)20-12-6-7-12/h9-10,12H,3-8H2,1-2H3,(H,20,24)(H,21,23)(H,22,25). The highest BCUT2D eigenvalue weighted by Gasteiger charge is 2.26. The smallest absolute Gasteiger partial charge is 0.327 e. The van der Waals surface area contributed by atoms with Crippen molar-refractivity contribution in [2.24, 2.45) is 0 Å². The molecule has 0 bridgehead atoms. The first-order valence-corrected chi connectivity index (χ1v) is 9.34. The molecule has 9 heteroatoms. The molecule has 2 rings (SSSR count). The van der Waals surface area contributed by atoms with E-state index in [0.717, 1.165) is 25.7 Å². The maximum Gasteiger partial charge on any atom is 0.327 e. The summed E-state index contributed by atoms with van der Waals surface area (Å²) in [6, 6.07) is 2.94. The van der Waals surface area contributed by atoms with Gasteiger partial charge in [-0.3, -0.25) is 25.2 Å². The molecule has 1 aliphatic carbocycles. The Bertz CT molecular complexity index is 706. The largest absolute Gasteiger partial charge is 0.490 e. The fourth-order valence-electron chi connectivity index (χ4n) is 2.14. The first kappa shape index (κ1) is 20.8. The van der Waals surface area contributed by atoms with Gasteiger partial charge in [0.25, 0.3) is 5.91 Å². The van der Waals surface area contributed by atoms with Crippen LogP contribution in [-0.4, -0.2) is 37.0 Å². The Morgan fingerprint density at radius 3 is 2.48 bits per heavy atom. The summed E-state index contributed by atoms with van der Waals surface area (Å²) in [6.07, 6.45) is 3.54. The zero-order chi connectivity index (χ0) is 19.8. The van der Waals surface area contributed by atoms with Gasteiger partial charge in [0.15, 0.2) is 11.5 Å². The Hall–Kier alpha value is -2.48. The summed E-state index contributed by atoms with van der Waals surface area (Å²) in [5.41, 5.74) is 4.42. The van der Waals surface area contributed by atoms with E-state index in [2.05, 4.69) is 16.2 Å². The summed E-state index contributed by atoms with van der Waals surface area (Å²) in [5.74, 6) is -1.65. The number of hydrazine groups is 1. The van der Waals surface area contributed by atoms with Crippen molar-refractivity contribution in [1.82, 2.24) is 16.2 Å². The number of halogens is 1. The number of nitrogens with one attached hydrogen (secondary N) is 3. The number of unbranched alkanes of at least 4 members (excludes halogenated alkanes) is 1. The second-order valence-electron chi connectivity index (χ2n) is 6.08. The third-order valence-electron chi connectivity index (χ3n) is 3.72. The Labute approximate surface area is 162 Å². The van der Waals surface area contributed by atoms with Crippen LogP contribution in [0.15, 0.2) is 12.1 Å².